The Hall–Kier alpha value is -1.89. The summed E-state index contributed by atoms with van der Waals surface area (Å²) in [5.41, 5.74) is 1.63. The highest BCUT2D eigenvalue weighted by atomic mass is 16.5. The van der Waals surface area contributed by atoms with Crippen LogP contribution in [0.25, 0.3) is 11.2 Å². The van der Waals surface area contributed by atoms with Gasteiger partial charge in [-0.1, -0.05) is 6.92 Å². The van der Waals surface area contributed by atoms with Gasteiger partial charge in [-0.3, -0.25) is 0 Å². The molecule has 0 aliphatic carbocycles. The van der Waals surface area contributed by atoms with Gasteiger partial charge in [0.05, 0.1) is 12.4 Å². The molecule has 0 aromatic carbocycles. The van der Waals surface area contributed by atoms with Crippen LogP contribution < -0.4 is 10.2 Å². The quantitative estimate of drug-likeness (QED) is 0.874. The van der Waals surface area contributed by atoms with Gasteiger partial charge in [0.25, 0.3) is 0 Å². The van der Waals surface area contributed by atoms with E-state index >= 15 is 0 Å². The maximum Gasteiger partial charge on any atom is 0.226 e. The Morgan fingerprint density at radius 2 is 2.19 bits per heavy atom. The van der Waals surface area contributed by atoms with E-state index in [-0.39, 0.29) is 0 Å². The predicted octanol–water partition coefficient (Wildman–Crippen LogP) is 1.79. The van der Waals surface area contributed by atoms with Crippen LogP contribution in [0.2, 0.25) is 0 Å². The summed E-state index contributed by atoms with van der Waals surface area (Å²) in [5.74, 6) is 1.59. The Morgan fingerprint density at radius 3 is 2.90 bits per heavy atom. The molecule has 114 valence electrons. The van der Waals surface area contributed by atoms with Crippen LogP contribution in [0.15, 0.2) is 6.33 Å². The van der Waals surface area contributed by atoms with E-state index in [1.54, 1.807) is 13.4 Å². The lowest BCUT2D eigenvalue weighted by Crippen LogP contribution is -2.37. The smallest absolute Gasteiger partial charge is 0.226 e. The molecule has 7 nitrogen and oxygen atoms in total. The summed E-state index contributed by atoms with van der Waals surface area (Å²) in [7, 11) is 1.78. The maximum absolute atomic E-state index is 5.43. The summed E-state index contributed by atoms with van der Waals surface area (Å²) in [6, 6.07) is 0. The van der Waals surface area contributed by atoms with Crippen molar-refractivity contribution in [2.75, 3.05) is 37.0 Å². The van der Waals surface area contributed by atoms with Gasteiger partial charge >= 0.3 is 0 Å². The number of aromatic amines is 1. The minimum atomic E-state index is 0.359. The maximum atomic E-state index is 5.43. The van der Waals surface area contributed by atoms with Crippen LogP contribution >= 0.6 is 0 Å². The molecule has 0 saturated carbocycles. The molecule has 2 aromatic rings. The number of hydrogen-bond donors (Lipinski definition) is 2. The molecule has 0 radical (unpaired) electrons. The van der Waals surface area contributed by atoms with Crippen LogP contribution in [0.1, 0.15) is 26.2 Å². The van der Waals surface area contributed by atoms with Crippen LogP contribution in [0, 0.1) is 0 Å². The second-order valence-corrected chi connectivity index (χ2v) is 5.32. The zero-order chi connectivity index (χ0) is 14.7. The minimum Gasteiger partial charge on any atom is -0.381 e. The standard InChI is InChI=1S/C14H22N6O/c1-3-6-15-14-18-12-11(16-9-17-12)13(19-14)20-7-4-10(21-2)5-8-20/h9-10H,3-8H2,1-2H3,(H2,15,16,17,18,19). The number of piperidine rings is 1. The summed E-state index contributed by atoms with van der Waals surface area (Å²) >= 11 is 0. The fourth-order valence-electron chi connectivity index (χ4n) is 2.67. The predicted molar refractivity (Wildman–Crippen MR) is 82.7 cm³/mol. The second kappa shape index (κ2) is 6.26. The molecule has 2 aromatic heterocycles. The highest BCUT2D eigenvalue weighted by Crippen LogP contribution is 2.26. The van der Waals surface area contributed by atoms with Crippen molar-refractivity contribution in [2.24, 2.45) is 0 Å². The molecule has 7 heteroatoms. The molecule has 1 saturated heterocycles. The van der Waals surface area contributed by atoms with Gasteiger partial charge in [0.1, 0.15) is 5.52 Å². The van der Waals surface area contributed by atoms with E-state index < -0.39 is 0 Å². The number of aromatic nitrogens is 4. The molecule has 0 bridgehead atoms. The zero-order valence-corrected chi connectivity index (χ0v) is 12.6. The fourth-order valence-corrected chi connectivity index (χ4v) is 2.67. The van der Waals surface area contributed by atoms with E-state index in [0.717, 1.165) is 50.2 Å². The first-order valence-electron chi connectivity index (χ1n) is 7.54. The van der Waals surface area contributed by atoms with Crippen molar-refractivity contribution >= 4 is 22.9 Å². The van der Waals surface area contributed by atoms with Crippen LogP contribution in [0.3, 0.4) is 0 Å². The number of imidazole rings is 1. The molecule has 1 aliphatic rings. The number of hydrogen-bond acceptors (Lipinski definition) is 6. The van der Waals surface area contributed by atoms with Gasteiger partial charge in [-0.25, -0.2) is 4.98 Å². The van der Waals surface area contributed by atoms with Crippen molar-refractivity contribution in [1.82, 2.24) is 19.9 Å². The second-order valence-electron chi connectivity index (χ2n) is 5.32. The zero-order valence-electron chi connectivity index (χ0n) is 12.6. The van der Waals surface area contributed by atoms with Crippen molar-refractivity contribution in [3.05, 3.63) is 6.33 Å². The third-order valence-corrected chi connectivity index (χ3v) is 3.87. The molecule has 0 atom stereocenters. The Labute approximate surface area is 124 Å². The molecule has 3 heterocycles. The SMILES string of the molecule is CCCNc1nc(N2CCC(OC)CC2)c2[nH]cnc2n1. The van der Waals surface area contributed by atoms with E-state index in [2.05, 4.69) is 37.1 Å². The molecule has 1 aliphatic heterocycles. The average molecular weight is 290 g/mol. The topological polar surface area (TPSA) is 79.0 Å². The number of methoxy groups -OCH3 is 1. The first-order valence-corrected chi connectivity index (χ1v) is 7.54. The Bertz CT molecular complexity index is 590. The first-order chi connectivity index (χ1) is 10.3. The number of anilines is 2. The highest BCUT2D eigenvalue weighted by molar-refractivity contribution is 5.84. The monoisotopic (exact) mass is 290 g/mol. The van der Waals surface area contributed by atoms with Gasteiger partial charge in [-0.15, -0.1) is 0 Å². The number of rotatable bonds is 5. The number of ether oxygens (including phenoxy) is 1. The van der Waals surface area contributed by atoms with E-state index in [9.17, 15) is 0 Å². The lowest BCUT2D eigenvalue weighted by atomic mass is 10.1. The van der Waals surface area contributed by atoms with Crippen molar-refractivity contribution in [1.29, 1.82) is 0 Å². The summed E-state index contributed by atoms with van der Waals surface area (Å²) in [6.45, 7) is 4.87. The molecular formula is C14H22N6O. The first kappa shape index (κ1) is 14.1. The lowest BCUT2D eigenvalue weighted by molar-refractivity contribution is 0.0818. The van der Waals surface area contributed by atoms with Crippen LogP contribution in [-0.4, -0.2) is 52.8 Å². The lowest BCUT2D eigenvalue weighted by Gasteiger charge is -2.32. The van der Waals surface area contributed by atoms with Gasteiger partial charge in [0.2, 0.25) is 5.95 Å². The van der Waals surface area contributed by atoms with Gasteiger partial charge in [-0.2, -0.15) is 9.97 Å². The Kier molecular flexibility index (Phi) is 4.19. The Morgan fingerprint density at radius 1 is 1.38 bits per heavy atom. The van der Waals surface area contributed by atoms with E-state index in [1.807, 2.05) is 0 Å². The molecule has 0 amide bonds. The molecule has 3 rings (SSSR count). The van der Waals surface area contributed by atoms with E-state index in [1.165, 1.54) is 0 Å². The van der Waals surface area contributed by atoms with Crippen LogP contribution in [0.4, 0.5) is 11.8 Å². The normalized spacial score (nSPS) is 16.6. The van der Waals surface area contributed by atoms with Crippen LogP contribution in [-0.2, 0) is 4.74 Å². The molecule has 1 fully saturated rings. The summed E-state index contributed by atoms with van der Waals surface area (Å²) in [5, 5.41) is 3.25. The summed E-state index contributed by atoms with van der Waals surface area (Å²) in [6.07, 6.45) is 5.12. The van der Waals surface area contributed by atoms with Crippen molar-refractivity contribution in [3.8, 4) is 0 Å². The average Bonchev–Trinajstić information content (AvgIpc) is 3.00. The van der Waals surface area contributed by atoms with E-state index in [0.29, 0.717) is 17.7 Å². The molecule has 21 heavy (non-hydrogen) atoms. The van der Waals surface area contributed by atoms with Crippen LogP contribution in [0.5, 0.6) is 0 Å². The van der Waals surface area contributed by atoms with E-state index in [4.69, 9.17) is 4.74 Å². The molecule has 2 N–H and O–H groups in total. The van der Waals surface area contributed by atoms with Gasteiger partial charge in [0, 0.05) is 26.7 Å². The number of nitrogens with one attached hydrogen (secondary N) is 2. The van der Waals surface area contributed by atoms with Crippen molar-refractivity contribution in [2.45, 2.75) is 32.3 Å². The number of H-pyrrole nitrogens is 1. The van der Waals surface area contributed by atoms with Gasteiger partial charge < -0.3 is 19.9 Å². The summed E-state index contributed by atoms with van der Waals surface area (Å²) in [4.78, 5) is 18.8. The van der Waals surface area contributed by atoms with Gasteiger partial charge in [-0.05, 0) is 19.3 Å². The largest absolute Gasteiger partial charge is 0.381 e. The molecular weight excluding hydrogens is 268 g/mol. The number of fused-ring (bicyclic) bond motifs is 1. The summed E-state index contributed by atoms with van der Waals surface area (Å²) < 4.78 is 5.43. The minimum absolute atomic E-state index is 0.359. The van der Waals surface area contributed by atoms with Crippen molar-refractivity contribution in [3.63, 3.8) is 0 Å². The van der Waals surface area contributed by atoms with Gasteiger partial charge in [0.15, 0.2) is 11.5 Å². The Balaban J connectivity index is 1.87. The number of nitrogens with zero attached hydrogens (tertiary/aromatic N) is 4. The third-order valence-electron chi connectivity index (χ3n) is 3.87. The molecule has 0 unspecified atom stereocenters. The molecule has 0 spiro atoms. The fraction of sp³-hybridized carbons (Fsp3) is 0.643. The third kappa shape index (κ3) is 2.92. The van der Waals surface area contributed by atoms with Crippen molar-refractivity contribution < 1.29 is 4.74 Å². The highest BCUT2D eigenvalue weighted by Gasteiger charge is 2.22.